The van der Waals surface area contributed by atoms with Gasteiger partial charge in [0.2, 0.25) is 0 Å². The Hall–Kier alpha value is -1.21. The summed E-state index contributed by atoms with van der Waals surface area (Å²) < 4.78 is 11.6. The van der Waals surface area contributed by atoms with E-state index in [4.69, 9.17) is 32.7 Å². The zero-order valence-corrected chi connectivity index (χ0v) is 15.2. The molecule has 1 unspecified atom stereocenters. The first-order valence-corrected chi connectivity index (χ1v) is 8.68. The minimum absolute atomic E-state index is 0.117. The highest BCUT2D eigenvalue weighted by atomic mass is 35.5. The molecule has 1 aromatic carbocycles. The van der Waals surface area contributed by atoms with Gasteiger partial charge in [-0.3, -0.25) is 0 Å². The molecular weight excluding hydrogens is 351 g/mol. The molecule has 130 valence electrons. The van der Waals surface area contributed by atoms with Crippen molar-refractivity contribution in [2.24, 2.45) is 0 Å². The van der Waals surface area contributed by atoms with Gasteiger partial charge in [-0.05, 0) is 36.8 Å². The maximum absolute atomic E-state index is 6.07. The van der Waals surface area contributed by atoms with E-state index >= 15 is 0 Å². The third-order valence-corrected chi connectivity index (χ3v) is 4.56. The summed E-state index contributed by atoms with van der Waals surface area (Å²) in [7, 11) is 0. The van der Waals surface area contributed by atoms with Crippen molar-refractivity contribution in [3.05, 3.63) is 39.6 Å². The Labute approximate surface area is 151 Å². The fraction of sp³-hybridized carbons (Fsp3) is 0.562. The predicted octanol–water partition coefficient (Wildman–Crippen LogP) is 3.15. The van der Waals surface area contributed by atoms with Gasteiger partial charge in [0, 0.05) is 19.4 Å². The second kappa shape index (κ2) is 7.35. The van der Waals surface area contributed by atoms with Crippen molar-refractivity contribution in [2.75, 3.05) is 13.2 Å². The highest BCUT2D eigenvalue weighted by Gasteiger charge is 2.38. The molecule has 6 nitrogen and oxygen atoms in total. The number of aromatic nitrogens is 4. The Morgan fingerprint density at radius 1 is 1.33 bits per heavy atom. The van der Waals surface area contributed by atoms with Gasteiger partial charge >= 0.3 is 0 Å². The van der Waals surface area contributed by atoms with Crippen molar-refractivity contribution in [1.82, 2.24) is 20.2 Å². The second-order valence-electron chi connectivity index (χ2n) is 6.31. The van der Waals surface area contributed by atoms with Crippen LogP contribution in [0.2, 0.25) is 10.0 Å². The highest BCUT2D eigenvalue weighted by molar-refractivity contribution is 6.42. The number of hydrogen-bond donors (Lipinski definition) is 0. The topological polar surface area (TPSA) is 62.1 Å². The normalized spacial score (nSPS) is 20.9. The molecule has 1 aromatic heterocycles. The average molecular weight is 371 g/mol. The van der Waals surface area contributed by atoms with Crippen LogP contribution in [0.5, 0.6) is 0 Å². The van der Waals surface area contributed by atoms with Gasteiger partial charge in [0.1, 0.15) is 5.60 Å². The summed E-state index contributed by atoms with van der Waals surface area (Å²) in [6.07, 6.45) is 1.49. The zero-order chi connectivity index (χ0) is 17.2. The summed E-state index contributed by atoms with van der Waals surface area (Å²) in [5.41, 5.74) is 0.608. The second-order valence-corrected chi connectivity index (χ2v) is 7.13. The lowest BCUT2D eigenvalue weighted by atomic mass is 10.0. The van der Waals surface area contributed by atoms with Gasteiger partial charge in [-0.1, -0.05) is 29.3 Å². The number of tetrazole rings is 1. The maximum Gasteiger partial charge on any atom is 0.179 e. The van der Waals surface area contributed by atoms with E-state index in [1.165, 1.54) is 0 Å². The molecule has 24 heavy (non-hydrogen) atoms. The Kier molecular flexibility index (Phi) is 5.39. The number of ether oxygens (including phenoxy) is 2. The molecule has 8 heteroatoms. The minimum atomic E-state index is -0.379. The number of hydrogen-bond acceptors (Lipinski definition) is 5. The Balaban J connectivity index is 1.69. The molecule has 1 aliphatic heterocycles. The molecule has 2 aromatic rings. The van der Waals surface area contributed by atoms with Crippen molar-refractivity contribution in [3.8, 4) is 0 Å². The summed E-state index contributed by atoms with van der Waals surface area (Å²) in [5.74, 6) is 0.631. The van der Waals surface area contributed by atoms with Crippen LogP contribution in [0.1, 0.15) is 31.7 Å². The van der Waals surface area contributed by atoms with Crippen LogP contribution < -0.4 is 0 Å². The van der Waals surface area contributed by atoms with E-state index in [1.807, 2.05) is 26.0 Å². The number of nitrogens with zero attached hydrogens (tertiary/aromatic N) is 4. The standard InChI is InChI=1S/C16H20Cl2N4O2/c1-11(2)24-16(5-6-23-10-16)9-22-20-15(19-21-22)8-12-3-4-13(17)14(18)7-12/h3-4,7,11H,5-6,8-10H2,1-2H3. The molecule has 1 aliphatic rings. The molecule has 1 saturated heterocycles. The molecule has 0 amide bonds. The molecule has 0 aliphatic carbocycles. The van der Waals surface area contributed by atoms with E-state index in [2.05, 4.69) is 15.4 Å². The van der Waals surface area contributed by atoms with Crippen LogP contribution in [-0.2, 0) is 22.4 Å². The summed E-state index contributed by atoms with van der Waals surface area (Å²) in [4.78, 5) is 1.59. The summed E-state index contributed by atoms with van der Waals surface area (Å²) in [5, 5.41) is 13.8. The minimum Gasteiger partial charge on any atom is -0.378 e. The van der Waals surface area contributed by atoms with E-state index in [1.54, 1.807) is 10.9 Å². The smallest absolute Gasteiger partial charge is 0.179 e. The van der Waals surface area contributed by atoms with E-state index in [9.17, 15) is 0 Å². The zero-order valence-electron chi connectivity index (χ0n) is 13.7. The third kappa shape index (κ3) is 4.25. The molecule has 1 atom stereocenters. The molecular formula is C16H20Cl2N4O2. The Bertz CT molecular complexity index is 699. The molecule has 3 rings (SSSR count). The molecule has 0 N–H and O–H groups in total. The number of rotatable bonds is 6. The molecule has 1 fully saturated rings. The lowest BCUT2D eigenvalue weighted by molar-refractivity contribution is -0.0951. The summed E-state index contributed by atoms with van der Waals surface area (Å²) in [6, 6.07) is 5.49. The van der Waals surface area contributed by atoms with Gasteiger partial charge in [0.05, 0.1) is 29.3 Å². The van der Waals surface area contributed by atoms with E-state index < -0.39 is 0 Å². The predicted molar refractivity (Wildman–Crippen MR) is 91.5 cm³/mol. The van der Waals surface area contributed by atoms with Crippen LogP contribution in [0.4, 0.5) is 0 Å². The number of halogens is 2. The third-order valence-electron chi connectivity index (χ3n) is 3.82. The highest BCUT2D eigenvalue weighted by Crippen LogP contribution is 2.27. The van der Waals surface area contributed by atoms with Gasteiger partial charge in [0.15, 0.2) is 5.82 Å². The van der Waals surface area contributed by atoms with Gasteiger partial charge in [0.25, 0.3) is 0 Å². The van der Waals surface area contributed by atoms with E-state index in [0.29, 0.717) is 42.0 Å². The molecule has 0 saturated carbocycles. The molecule has 0 radical (unpaired) electrons. The van der Waals surface area contributed by atoms with Crippen molar-refractivity contribution < 1.29 is 9.47 Å². The lowest BCUT2D eigenvalue weighted by Crippen LogP contribution is -2.41. The quantitative estimate of drug-likeness (QED) is 0.781. The Morgan fingerprint density at radius 2 is 2.17 bits per heavy atom. The van der Waals surface area contributed by atoms with Crippen molar-refractivity contribution in [3.63, 3.8) is 0 Å². The first-order chi connectivity index (χ1) is 11.5. The fourth-order valence-electron chi connectivity index (χ4n) is 2.85. The van der Waals surface area contributed by atoms with Crippen LogP contribution >= 0.6 is 23.2 Å². The maximum atomic E-state index is 6.07. The molecule has 0 bridgehead atoms. The molecule has 0 spiro atoms. The van der Waals surface area contributed by atoms with Crippen LogP contribution in [0.25, 0.3) is 0 Å². The van der Waals surface area contributed by atoms with Crippen LogP contribution in [-0.4, -0.2) is 45.1 Å². The van der Waals surface area contributed by atoms with Crippen LogP contribution in [0.15, 0.2) is 18.2 Å². The van der Waals surface area contributed by atoms with Crippen LogP contribution in [0.3, 0.4) is 0 Å². The average Bonchev–Trinajstić information content (AvgIpc) is 3.13. The van der Waals surface area contributed by atoms with Gasteiger partial charge in [-0.2, -0.15) is 4.80 Å². The van der Waals surface area contributed by atoms with Gasteiger partial charge in [-0.15, -0.1) is 10.2 Å². The first-order valence-electron chi connectivity index (χ1n) is 7.92. The van der Waals surface area contributed by atoms with Crippen LogP contribution in [0, 0.1) is 0 Å². The van der Waals surface area contributed by atoms with Crippen molar-refractivity contribution in [1.29, 1.82) is 0 Å². The number of benzene rings is 1. The SMILES string of the molecule is CC(C)OC1(Cn2nnc(Cc3ccc(Cl)c(Cl)c3)n2)CCOC1. The van der Waals surface area contributed by atoms with Crippen molar-refractivity contribution >= 4 is 23.2 Å². The van der Waals surface area contributed by atoms with E-state index in [-0.39, 0.29) is 11.7 Å². The summed E-state index contributed by atoms with van der Waals surface area (Å²) >= 11 is 12.0. The summed E-state index contributed by atoms with van der Waals surface area (Å²) in [6.45, 7) is 5.81. The lowest BCUT2D eigenvalue weighted by Gasteiger charge is -2.29. The molecule has 2 heterocycles. The Morgan fingerprint density at radius 3 is 2.83 bits per heavy atom. The van der Waals surface area contributed by atoms with Gasteiger partial charge < -0.3 is 9.47 Å². The first kappa shape index (κ1) is 17.6. The largest absolute Gasteiger partial charge is 0.378 e. The van der Waals surface area contributed by atoms with Gasteiger partial charge in [-0.25, -0.2) is 0 Å². The fourth-order valence-corrected chi connectivity index (χ4v) is 3.17. The van der Waals surface area contributed by atoms with E-state index in [0.717, 1.165) is 12.0 Å². The monoisotopic (exact) mass is 370 g/mol. The van der Waals surface area contributed by atoms with Crippen molar-refractivity contribution in [2.45, 2.75) is 44.9 Å².